The number of aryl methyl sites for hydroxylation is 1. The van der Waals surface area contributed by atoms with Crippen LogP contribution >= 0.6 is 11.6 Å². The Morgan fingerprint density at radius 2 is 1.88 bits per heavy atom. The summed E-state index contributed by atoms with van der Waals surface area (Å²) in [5.74, 6) is 1.42. The van der Waals surface area contributed by atoms with Crippen LogP contribution in [0.15, 0.2) is 12.4 Å². The number of halogens is 1. The van der Waals surface area contributed by atoms with E-state index in [1.165, 1.54) is 18.5 Å². The van der Waals surface area contributed by atoms with Crippen LogP contribution in [0.4, 0.5) is 0 Å². The molecule has 4 rings (SSSR count). The second kappa shape index (κ2) is 6.29. The summed E-state index contributed by atoms with van der Waals surface area (Å²) in [5, 5.41) is 4.99. The molecule has 0 radical (unpaired) electrons. The highest BCUT2D eigenvalue weighted by molar-refractivity contribution is 6.32. The van der Waals surface area contributed by atoms with E-state index in [0.29, 0.717) is 10.8 Å². The quantitative estimate of drug-likeness (QED) is 0.857. The lowest BCUT2D eigenvalue weighted by Crippen LogP contribution is -2.50. The minimum absolute atomic E-state index is 0.154. The molecule has 0 unspecified atom stereocenters. The van der Waals surface area contributed by atoms with Crippen molar-refractivity contribution in [3.8, 4) is 11.3 Å². The minimum Gasteiger partial charge on any atom is -0.325 e. The molecule has 4 N–H and O–H groups in total. The molecule has 0 aromatic carbocycles. The molecule has 6 nitrogen and oxygen atoms in total. The molecule has 2 aliphatic rings. The van der Waals surface area contributed by atoms with E-state index in [-0.39, 0.29) is 5.54 Å². The average molecular weight is 375 g/mol. The molecule has 2 fully saturated rings. The fourth-order valence-electron chi connectivity index (χ4n) is 3.78. The van der Waals surface area contributed by atoms with Crippen LogP contribution in [0.3, 0.4) is 0 Å². The topological polar surface area (TPSA) is 95.6 Å². The Morgan fingerprint density at radius 1 is 1.19 bits per heavy atom. The van der Waals surface area contributed by atoms with Gasteiger partial charge in [-0.05, 0) is 57.8 Å². The first-order valence-corrected chi connectivity index (χ1v) is 9.77. The van der Waals surface area contributed by atoms with Gasteiger partial charge >= 0.3 is 0 Å². The number of aromatic nitrogens is 4. The van der Waals surface area contributed by atoms with Crippen LogP contribution in [-0.4, -0.2) is 25.3 Å². The van der Waals surface area contributed by atoms with Crippen molar-refractivity contribution in [3.05, 3.63) is 28.9 Å². The first-order chi connectivity index (χ1) is 12.3. The Hall–Kier alpha value is -1.50. The van der Waals surface area contributed by atoms with Gasteiger partial charge in [-0.1, -0.05) is 11.6 Å². The van der Waals surface area contributed by atoms with Crippen molar-refractivity contribution in [2.45, 2.75) is 62.9 Å². The average Bonchev–Trinajstić information content (AvgIpc) is 3.35. The monoisotopic (exact) mass is 374 g/mol. The number of hydrogen-bond donors (Lipinski definition) is 2. The van der Waals surface area contributed by atoms with E-state index >= 15 is 0 Å². The van der Waals surface area contributed by atoms with E-state index in [1.54, 1.807) is 6.20 Å². The third-order valence-corrected chi connectivity index (χ3v) is 6.25. The maximum Gasteiger partial charge on any atom is 0.148 e. The zero-order valence-electron chi connectivity index (χ0n) is 15.5. The molecule has 0 saturated heterocycles. The van der Waals surface area contributed by atoms with Crippen molar-refractivity contribution in [2.24, 2.45) is 24.4 Å². The Bertz CT molecular complexity index is 813. The normalized spacial score (nSPS) is 29.1. The zero-order chi connectivity index (χ0) is 18.5. The molecule has 0 aliphatic heterocycles. The van der Waals surface area contributed by atoms with Gasteiger partial charge in [-0.15, -0.1) is 0 Å². The van der Waals surface area contributed by atoms with Crippen molar-refractivity contribution in [1.82, 2.24) is 19.7 Å². The number of hydrogen-bond acceptors (Lipinski definition) is 5. The van der Waals surface area contributed by atoms with E-state index in [9.17, 15) is 0 Å². The maximum absolute atomic E-state index is 6.69. The number of nitrogens with two attached hydrogens (primary N) is 2. The highest BCUT2D eigenvalue weighted by Crippen LogP contribution is 2.40. The molecular weight excluding hydrogens is 348 g/mol. The molecule has 0 spiro atoms. The van der Waals surface area contributed by atoms with E-state index in [1.807, 2.05) is 17.9 Å². The largest absolute Gasteiger partial charge is 0.325 e. The lowest BCUT2D eigenvalue weighted by atomic mass is 9.73. The van der Waals surface area contributed by atoms with Gasteiger partial charge in [-0.25, -0.2) is 9.97 Å². The highest BCUT2D eigenvalue weighted by Gasteiger charge is 2.39. The fraction of sp³-hybridized carbons (Fsp3) is 0.632. The molecule has 2 saturated carbocycles. The summed E-state index contributed by atoms with van der Waals surface area (Å²) in [4.78, 5) is 9.31. The van der Waals surface area contributed by atoms with Crippen molar-refractivity contribution in [3.63, 3.8) is 0 Å². The van der Waals surface area contributed by atoms with Gasteiger partial charge in [0.1, 0.15) is 5.82 Å². The molecule has 0 amide bonds. The van der Waals surface area contributed by atoms with E-state index < -0.39 is 5.54 Å². The molecule has 26 heavy (non-hydrogen) atoms. The molecule has 0 bridgehead atoms. The Kier molecular flexibility index (Phi) is 4.33. The third kappa shape index (κ3) is 3.38. The third-order valence-electron chi connectivity index (χ3n) is 5.97. The van der Waals surface area contributed by atoms with Gasteiger partial charge in [-0.2, -0.15) is 5.10 Å². The van der Waals surface area contributed by atoms with E-state index in [2.05, 4.69) is 17.0 Å². The van der Waals surface area contributed by atoms with E-state index in [0.717, 1.165) is 49.3 Å². The van der Waals surface area contributed by atoms with E-state index in [4.69, 9.17) is 28.1 Å². The predicted octanol–water partition coefficient (Wildman–Crippen LogP) is 2.93. The summed E-state index contributed by atoms with van der Waals surface area (Å²) in [7, 11) is 1.98. The lowest BCUT2D eigenvalue weighted by molar-refractivity contribution is 0.208. The molecule has 140 valence electrons. The van der Waals surface area contributed by atoms with Crippen molar-refractivity contribution in [2.75, 3.05) is 0 Å². The van der Waals surface area contributed by atoms with Crippen LogP contribution in [0.2, 0.25) is 5.02 Å². The van der Waals surface area contributed by atoms with Crippen molar-refractivity contribution < 1.29 is 0 Å². The van der Waals surface area contributed by atoms with Crippen LogP contribution < -0.4 is 11.5 Å². The van der Waals surface area contributed by atoms with Crippen molar-refractivity contribution in [1.29, 1.82) is 0 Å². The second-order valence-corrected chi connectivity index (χ2v) is 8.88. The summed E-state index contributed by atoms with van der Waals surface area (Å²) in [6.45, 7) is 2.08. The molecule has 7 heteroatoms. The Labute approximate surface area is 159 Å². The van der Waals surface area contributed by atoms with Crippen LogP contribution in [0.5, 0.6) is 0 Å². The lowest BCUT2D eigenvalue weighted by Gasteiger charge is -2.40. The Morgan fingerprint density at radius 3 is 2.54 bits per heavy atom. The van der Waals surface area contributed by atoms with Crippen molar-refractivity contribution >= 4 is 11.6 Å². The van der Waals surface area contributed by atoms with Gasteiger partial charge in [0.15, 0.2) is 0 Å². The number of rotatable bonds is 4. The molecule has 0 atom stereocenters. The number of nitrogens with zero attached hydrogens (tertiary/aromatic N) is 4. The van der Waals surface area contributed by atoms with Gasteiger partial charge < -0.3 is 11.5 Å². The molecule has 2 aromatic heterocycles. The molecule has 2 aromatic rings. The fourth-order valence-corrected chi connectivity index (χ4v) is 3.98. The highest BCUT2D eigenvalue weighted by atomic mass is 35.5. The zero-order valence-corrected chi connectivity index (χ0v) is 16.3. The summed E-state index contributed by atoms with van der Waals surface area (Å²) in [6.07, 6.45) is 10.4. The first kappa shape index (κ1) is 17.9. The standard InChI is InChI=1S/C19H27ClN6/c1-18(21)5-7-19(22,8-6-18)17-23-11-14(20)16(25-17)13-10-24-26(2)15(13)9-12-3-4-12/h10-12H,3-9,21-22H2,1-2H3. The van der Waals surface area contributed by atoms with Gasteiger partial charge in [0.2, 0.25) is 0 Å². The van der Waals surface area contributed by atoms with Crippen LogP contribution in [0, 0.1) is 5.92 Å². The van der Waals surface area contributed by atoms with Gasteiger partial charge in [-0.3, -0.25) is 4.68 Å². The minimum atomic E-state index is -0.545. The summed E-state index contributed by atoms with van der Waals surface area (Å²) in [6, 6.07) is 0. The van der Waals surface area contributed by atoms with Gasteiger partial charge in [0, 0.05) is 30.0 Å². The Balaban J connectivity index is 1.69. The molecule has 2 aliphatic carbocycles. The predicted molar refractivity (Wildman–Crippen MR) is 103 cm³/mol. The SMILES string of the molecule is Cn1ncc(-c2nc(C3(N)CCC(C)(N)CC3)ncc2Cl)c1CC1CC1. The van der Waals surface area contributed by atoms with Gasteiger partial charge in [0.25, 0.3) is 0 Å². The second-order valence-electron chi connectivity index (χ2n) is 8.48. The van der Waals surface area contributed by atoms with Crippen LogP contribution in [0.25, 0.3) is 11.3 Å². The maximum atomic E-state index is 6.69. The molecular formula is C19H27ClN6. The van der Waals surface area contributed by atoms with Crippen LogP contribution in [0.1, 0.15) is 57.0 Å². The van der Waals surface area contributed by atoms with Gasteiger partial charge in [0.05, 0.1) is 22.5 Å². The first-order valence-electron chi connectivity index (χ1n) is 9.39. The van der Waals surface area contributed by atoms with Crippen LogP contribution in [-0.2, 0) is 19.0 Å². The summed E-state index contributed by atoms with van der Waals surface area (Å²) >= 11 is 6.47. The summed E-state index contributed by atoms with van der Waals surface area (Å²) in [5.41, 5.74) is 15.2. The summed E-state index contributed by atoms with van der Waals surface area (Å²) < 4.78 is 1.93. The molecule has 2 heterocycles. The smallest absolute Gasteiger partial charge is 0.148 e.